The molecule has 0 aliphatic heterocycles. The fourth-order valence-corrected chi connectivity index (χ4v) is 3.58. The van der Waals surface area contributed by atoms with Crippen LogP contribution in [0.2, 0.25) is 0 Å². The van der Waals surface area contributed by atoms with E-state index in [9.17, 15) is 5.11 Å². The zero-order valence-corrected chi connectivity index (χ0v) is 13.7. The highest BCUT2D eigenvalue weighted by Gasteiger charge is 2.29. The molecule has 3 heteroatoms. The van der Waals surface area contributed by atoms with Crippen molar-refractivity contribution in [2.24, 2.45) is 11.8 Å². The predicted octanol–water partition coefficient (Wildman–Crippen LogP) is 4.27. The van der Waals surface area contributed by atoms with Gasteiger partial charge >= 0.3 is 0 Å². The van der Waals surface area contributed by atoms with Crippen LogP contribution in [0.15, 0.2) is 18.2 Å². The Labute approximate surface area is 128 Å². The Morgan fingerprint density at radius 2 is 1.90 bits per heavy atom. The SMILES string of the molecule is COc1ccc(O)c(C(C)NC2CCCCC2C(C)C)c1. The average Bonchev–Trinajstić information content (AvgIpc) is 2.48. The van der Waals surface area contributed by atoms with Crippen LogP contribution in [-0.2, 0) is 0 Å². The van der Waals surface area contributed by atoms with Gasteiger partial charge in [-0.15, -0.1) is 0 Å². The molecule has 0 spiro atoms. The van der Waals surface area contributed by atoms with Gasteiger partial charge in [-0.25, -0.2) is 0 Å². The largest absolute Gasteiger partial charge is 0.508 e. The lowest BCUT2D eigenvalue weighted by atomic mass is 9.77. The van der Waals surface area contributed by atoms with Gasteiger partial charge in [-0.05, 0) is 49.8 Å². The molecule has 1 aromatic rings. The lowest BCUT2D eigenvalue weighted by Gasteiger charge is -2.37. The fourth-order valence-electron chi connectivity index (χ4n) is 3.58. The summed E-state index contributed by atoms with van der Waals surface area (Å²) in [5, 5.41) is 13.9. The summed E-state index contributed by atoms with van der Waals surface area (Å²) in [7, 11) is 1.66. The third-order valence-corrected chi connectivity index (χ3v) is 4.84. The van der Waals surface area contributed by atoms with Crippen LogP contribution in [0, 0.1) is 11.8 Å². The van der Waals surface area contributed by atoms with Gasteiger partial charge in [0.2, 0.25) is 0 Å². The average molecular weight is 291 g/mol. The van der Waals surface area contributed by atoms with E-state index in [2.05, 4.69) is 26.1 Å². The first kappa shape index (κ1) is 16.2. The normalized spacial score (nSPS) is 24.0. The van der Waals surface area contributed by atoms with Crippen LogP contribution in [0.5, 0.6) is 11.5 Å². The number of aromatic hydroxyl groups is 1. The topological polar surface area (TPSA) is 41.5 Å². The molecule has 0 radical (unpaired) electrons. The molecule has 0 bridgehead atoms. The zero-order valence-electron chi connectivity index (χ0n) is 13.7. The first-order chi connectivity index (χ1) is 10.0. The van der Waals surface area contributed by atoms with Crippen LogP contribution >= 0.6 is 0 Å². The van der Waals surface area contributed by atoms with Crippen molar-refractivity contribution in [1.82, 2.24) is 5.32 Å². The molecule has 1 aliphatic rings. The summed E-state index contributed by atoms with van der Waals surface area (Å²) < 4.78 is 5.27. The quantitative estimate of drug-likeness (QED) is 0.851. The number of nitrogens with one attached hydrogen (secondary N) is 1. The third kappa shape index (κ3) is 3.91. The molecule has 3 atom stereocenters. The van der Waals surface area contributed by atoms with Crippen molar-refractivity contribution < 1.29 is 9.84 Å². The van der Waals surface area contributed by atoms with Crippen molar-refractivity contribution in [2.75, 3.05) is 7.11 Å². The van der Waals surface area contributed by atoms with Gasteiger partial charge in [0.05, 0.1) is 7.11 Å². The van der Waals surface area contributed by atoms with Gasteiger partial charge in [0, 0.05) is 17.6 Å². The number of benzene rings is 1. The van der Waals surface area contributed by atoms with Crippen molar-refractivity contribution in [1.29, 1.82) is 0 Å². The molecule has 1 fully saturated rings. The maximum atomic E-state index is 10.1. The summed E-state index contributed by atoms with van der Waals surface area (Å²) in [5.41, 5.74) is 0.919. The van der Waals surface area contributed by atoms with Gasteiger partial charge < -0.3 is 15.2 Å². The standard InChI is InChI=1S/C18H29NO2/c1-12(2)15-7-5-6-8-17(15)19-13(3)16-11-14(21-4)9-10-18(16)20/h9-13,15,17,19-20H,5-8H2,1-4H3. The van der Waals surface area contributed by atoms with Gasteiger partial charge in [-0.2, -0.15) is 0 Å². The number of phenolic OH excluding ortho intramolecular Hbond substituents is 1. The summed E-state index contributed by atoms with van der Waals surface area (Å²) in [6, 6.07) is 6.11. The van der Waals surface area contributed by atoms with Crippen LogP contribution in [0.3, 0.4) is 0 Å². The molecule has 2 rings (SSSR count). The number of methoxy groups -OCH3 is 1. The second-order valence-electron chi connectivity index (χ2n) is 6.61. The number of rotatable bonds is 5. The van der Waals surface area contributed by atoms with E-state index in [-0.39, 0.29) is 6.04 Å². The third-order valence-electron chi connectivity index (χ3n) is 4.84. The first-order valence-corrected chi connectivity index (χ1v) is 8.16. The number of hydrogen-bond donors (Lipinski definition) is 2. The number of phenols is 1. The summed E-state index contributed by atoms with van der Waals surface area (Å²) in [5.74, 6) is 2.57. The predicted molar refractivity (Wildman–Crippen MR) is 86.8 cm³/mol. The Morgan fingerprint density at radius 3 is 2.57 bits per heavy atom. The van der Waals surface area contributed by atoms with E-state index in [0.29, 0.717) is 17.7 Å². The second kappa shape index (κ2) is 7.17. The zero-order chi connectivity index (χ0) is 15.4. The van der Waals surface area contributed by atoms with E-state index in [1.54, 1.807) is 19.2 Å². The maximum Gasteiger partial charge on any atom is 0.120 e. The van der Waals surface area contributed by atoms with E-state index in [1.807, 2.05) is 6.07 Å². The Balaban J connectivity index is 2.11. The molecule has 1 aliphatic carbocycles. The van der Waals surface area contributed by atoms with Crippen LogP contribution in [0.4, 0.5) is 0 Å². The van der Waals surface area contributed by atoms with E-state index < -0.39 is 0 Å². The molecular weight excluding hydrogens is 262 g/mol. The van der Waals surface area contributed by atoms with Crippen LogP contribution in [0.1, 0.15) is 58.1 Å². The van der Waals surface area contributed by atoms with Crippen LogP contribution < -0.4 is 10.1 Å². The molecule has 0 aromatic heterocycles. The van der Waals surface area contributed by atoms with Crippen molar-refractivity contribution in [3.8, 4) is 11.5 Å². The van der Waals surface area contributed by atoms with Gasteiger partial charge in [0.25, 0.3) is 0 Å². The van der Waals surface area contributed by atoms with E-state index in [1.165, 1.54) is 25.7 Å². The maximum absolute atomic E-state index is 10.1. The fraction of sp³-hybridized carbons (Fsp3) is 0.667. The highest BCUT2D eigenvalue weighted by Crippen LogP contribution is 2.34. The molecule has 2 N–H and O–H groups in total. The molecule has 21 heavy (non-hydrogen) atoms. The monoisotopic (exact) mass is 291 g/mol. The molecule has 3 unspecified atom stereocenters. The van der Waals surface area contributed by atoms with Crippen molar-refractivity contribution in [3.05, 3.63) is 23.8 Å². The van der Waals surface area contributed by atoms with Crippen molar-refractivity contribution >= 4 is 0 Å². The molecule has 118 valence electrons. The minimum absolute atomic E-state index is 0.129. The Hall–Kier alpha value is -1.22. The summed E-state index contributed by atoms with van der Waals surface area (Å²) in [4.78, 5) is 0. The second-order valence-corrected chi connectivity index (χ2v) is 6.61. The highest BCUT2D eigenvalue weighted by molar-refractivity contribution is 5.41. The van der Waals surface area contributed by atoms with Crippen molar-refractivity contribution in [2.45, 2.75) is 58.5 Å². The molecule has 0 saturated heterocycles. The summed E-state index contributed by atoms with van der Waals surface area (Å²) >= 11 is 0. The summed E-state index contributed by atoms with van der Waals surface area (Å²) in [6.45, 7) is 6.76. The Morgan fingerprint density at radius 1 is 1.19 bits per heavy atom. The molecule has 1 saturated carbocycles. The smallest absolute Gasteiger partial charge is 0.120 e. The lowest BCUT2D eigenvalue weighted by molar-refractivity contribution is 0.194. The molecule has 1 aromatic carbocycles. The minimum Gasteiger partial charge on any atom is -0.508 e. The Bertz CT molecular complexity index is 459. The van der Waals surface area contributed by atoms with E-state index >= 15 is 0 Å². The first-order valence-electron chi connectivity index (χ1n) is 8.16. The lowest BCUT2D eigenvalue weighted by Crippen LogP contribution is -2.42. The molecule has 0 heterocycles. The van der Waals surface area contributed by atoms with E-state index in [0.717, 1.165) is 17.2 Å². The highest BCUT2D eigenvalue weighted by atomic mass is 16.5. The molecular formula is C18H29NO2. The molecule has 0 amide bonds. The van der Waals surface area contributed by atoms with Crippen molar-refractivity contribution in [3.63, 3.8) is 0 Å². The van der Waals surface area contributed by atoms with Gasteiger partial charge in [0.1, 0.15) is 11.5 Å². The van der Waals surface area contributed by atoms with E-state index in [4.69, 9.17) is 4.74 Å². The van der Waals surface area contributed by atoms with Crippen LogP contribution in [0.25, 0.3) is 0 Å². The number of ether oxygens (including phenoxy) is 1. The van der Waals surface area contributed by atoms with Crippen LogP contribution in [-0.4, -0.2) is 18.3 Å². The molecule has 3 nitrogen and oxygen atoms in total. The van der Waals surface area contributed by atoms with Gasteiger partial charge in [0.15, 0.2) is 0 Å². The Kier molecular flexibility index (Phi) is 5.51. The van der Waals surface area contributed by atoms with Gasteiger partial charge in [-0.1, -0.05) is 26.7 Å². The summed E-state index contributed by atoms with van der Waals surface area (Å²) in [6.07, 6.45) is 5.20. The minimum atomic E-state index is 0.129. The van der Waals surface area contributed by atoms with Gasteiger partial charge in [-0.3, -0.25) is 0 Å². The number of hydrogen-bond acceptors (Lipinski definition) is 3.